The van der Waals surface area contributed by atoms with Crippen LogP contribution in [0, 0.1) is 0 Å². The number of phenols is 1. The molecule has 0 unspecified atom stereocenters. The van der Waals surface area contributed by atoms with E-state index in [4.69, 9.17) is 13.9 Å². The number of carbonyl (C=O) groups is 3. The van der Waals surface area contributed by atoms with Gasteiger partial charge in [-0.15, -0.1) is 0 Å². The Morgan fingerprint density at radius 3 is 2.33 bits per heavy atom. The van der Waals surface area contributed by atoms with Crippen molar-refractivity contribution < 1.29 is 38.5 Å². The zero-order chi connectivity index (χ0) is 24.2. The first kappa shape index (κ1) is 23.4. The van der Waals surface area contributed by atoms with Crippen LogP contribution in [0.2, 0.25) is 0 Å². The molecule has 0 fully saturated rings. The lowest BCUT2D eigenvalue weighted by molar-refractivity contribution is 0.00679. The molecule has 2 aromatic carbocycles. The minimum absolute atomic E-state index is 0.00446. The molecule has 9 nitrogen and oxygen atoms in total. The molecule has 9 heteroatoms. The standard InChI is InChI=1S/C24H23NO8/c1-24(2,3)33-22(29)19-18(25-23(30)32-11-14-7-5-4-6-8-14)10-9-15(20(19)26)16-12-31-13-17(16)21(27)28/h4-10,12-13,26H,11H2,1-3H3,(H,25,30)(H,27,28). The SMILES string of the molecule is CC(C)(C)OC(=O)c1c(NC(=O)OCc2ccccc2)ccc(-c2cocc2C(=O)O)c1O. The number of carboxylic acid groups (broad SMARTS) is 1. The summed E-state index contributed by atoms with van der Waals surface area (Å²) < 4.78 is 15.5. The number of carboxylic acids is 1. The number of aromatic hydroxyl groups is 1. The molecule has 3 rings (SSSR count). The summed E-state index contributed by atoms with van der Waals surface area (Å²) in [6.45, 7) is 4.93. The number of ether oxygens (including phenoxy) is 2. The number of carbonyl (C=O) groups excluding carboxylic acids is 2. The molecule has 33 heavy (non-hydrogen) atoms. The first-order chi connectivity index (χ1) is 15.6. The van der Waals surface area contributed by atoms with Gasteiger partial charge in [-0.05, 0) is 38.5 Å². The summed E-state index contributed by atoms with van der Waals surface area (Å²) in [6, 6.07) is 11.7. The van der Waals surface area contributed by atoms with Crippen molar-refractivity contribution in [3.63, 3.8) is 0 Å². The summed E-state index contributed by atoms with van der Waals surface area (Å²) in [6.07, 6.45) is 1.29. The Balaban J connectivity index is 1.96. The molecule has 0 aliphatic carbocycles. The maximum Gasteiger partial charge on any atom is 0.411 e. The number of hydrogen-bond donors (Lipinski definition) is 3. The molecule has 0 atom stereocenters. The Morgan fingerprint density at radius 2 is 1.70 bits per heavy atom. The number of furan rings is 1. The van der Waals surface area contributed by atoms with Gasteiger partial charge in [0.05, 0.1) is 12.0 Å². The number of phenolic OH excluding ortho intramolecular Hbond substituents is 1. The molecule has 0 spiro atoms. The van der Waals surface area contributed by atoms with Crippen molar-refractivity contribution in [2.24, 2.45) is 0 Å². The van der Waals surface area contributed by atoms with Crippen LogP contribution < -0.4 is 5.32 Å². The summed E-state index contributed by atoms with van der Waals surface area (Å²) >= 11 is 0. The van der Waals surface area contributed by atoms with Crippen molar-refractivity contribution in [1.29, 1.82) is 0 Å². The minimum Gasteiger partial charge on any atom is -0.506 e. The smallest absolute Gasteiger partial charge is 0.411 e. The van der Waals surface area contributed by atoms with Crippen LogP contribution in [0.4, 0.5) is 10.5 Å². The monoisotopic (exact) mass is 453 g/mol. The Labute approximate surface area is 189 Å². The van der Waals surface area contributed by atoms with E-state index in [2.05, 4.69) is 5.32 Å². The molecular formula is C24H23NO8. The van der Waals surface area contributed by atoms with Gasteiger partial charge in [0.15, 0.2) is 0 Å². The quantitative estimate of drug-likeness (QED) is 0.441. The van der Waals surface area contributed by atoms with Crippen molar-refractivity contribution in [3.8, 4) is 16.9 Å². The third kappa shape index (κ3) is 5.70. The number of benzene rings is 2. The fourth-order valence-electron chi connectivity index (χ4n) is 2.99. The molecule has 0 radical (unpaired) electrons. The summed E-state index contributed by atoms with van der Waals surface area (Å²) in [7, 11) is 0. The van der Waals surface area contributed by atoms with Gasteiger partial charge in [0.25, 0.3) is 0 Å². The van der Waals surface area contributed by atoms with E-state index in [1.807, 2.05) is 6.07 Å². The number of hydrogen-bond acceptors (Lipinski definition) is 7. The molecule has 0 aliphatic heterocycles. The van der Waals surface area contributed by atoms with E-state index >= 15 is 0 Å². The van der Waals surface area contributed by atoms with Crippen molar-refractivity contribution in [2.45, 2.75) is 33.0 Å². The molecule has 3 N–H and O–H groups in total. The van der Waals surface area contributed by atoms with E-state index in [0.717, 1.165) is 18.1 Å². The van der Waals surface area contributed by atoms with Crippen LogP contribution in [0.25, 0.3) is 11.1 Å². The van der Waals surface area contributed by atoms with Crippen LogP contribution in [0.1, 0.15) is 47.1 Å². The Bertz CT molecular complexity index is 1170. The van der Waals surface area contributed by atoms with E-state index in [1.165, 1.54) is 12.1 Å². The molecule has 3 aromatic rings. The second-order valence-corrected chi connectivity index (χ2v) is 8.08. The molecule has 0 aliphatic rings. The van der Waals surface area contributed by atoms with Crippen LogP contribution in [0.15, 0.2) is 59.4 Å². The normalized spacial score (nSPS) is 11.0. The summed E-state index contributed by atoms with van der Waals surface area (Å²) in [5, 5.41) is 22.7. The summed E-state index contributed by atoms with van der Waals surface area (Å²) in [4.78, 5) is 36.7. The van der Waals surface area contributed by atoms with Crippen molar-refractivity contribution in [2.75, 3.05) is 5.32 Å². The molecule has 172 valence electrons. The maximum atomic E-state index is 12.9. The van der Waals surface area contributed by atoms with Gasteiger partial charge in [-0.25, -0.2) is 14.4 Å². The number of anilines is 1. The van der Waals surface area contributed by atoms with Crippen molar-refractivity contribution in [3.05, 3.63) is 71.7 Å². The average Bonchev–Trinajstić information content (AvgIpc) is 3.22. The van der Waals surface area contributed by atoms with Crippen molar-refractivity contribution >= 4 is 23.7 Å². The average molecular weight is 453 g/mol. The Hall–Kier alpha value is -4.27. The third-order valence-corrected chi connectivity index (χ3v) is 4.41. The van der Waals surface area contributed by atoms with Gasteiger partial charge in [0, 0.05) is 11.1 Å². The van der Waals surface area contributed by atoms with Gasteiger partial charge in [0.1, 0.15) is 35.3 Å². The van der Waals surface area contributed by atoms with Gasteiger partial charge in [-0.2, -0.15) is 0 Å². The molecule has 1 heterocycles. The van der Waals surface area contributed by atoms with E-state index < -0.39 is 29.4 Å². The third-order valence-electron chi connectivity index (χ3n) is 4.41. The van der Waals surface area contributed by atoms with Crippen LogP contribution in [-0.4, -0.2) is 33.8 Å². The predicted octanol–water partition coefficient (Wildman–Crippen LogP) is 5.05. The number of amides is 1. The number of aromatic carboxylic acids is 1. The van der Waals surface area contributed by atoms with E-state index in [1.54, 1.807) is 45.0 Å². The van der Waals surface area contributed by atoms with Gasteiger partial charge < -0.3 is 24.1 Å². The van der Waals surface area contributed by atoms with E-state index in [-0.39, 0.29) is 34.5 Å². The highest BCUT2D eigenvalue weighted by molar-refractivity contribution is 6.06. The molecule has 0 saturated heterocycles. The van der Waals surface area contributed by atoms with Gasteiger partial charge in [-0.3, -0.25) is 5.32 Å². The number of nitrogens with one attached hydrogen (secondary N) is 1. The molecule has 1 amide bonds. The largest absolute Gasteiger partial charge is 0.506 e. The fraction of sp³-hybridized carbons (Fsp3) is 0.208. The summed E-state index contributed by atoms with van der Waals surface area (Å²) in [5.41, 5.74) is -0.677. The minimum atomic E-state index is -1.27. The molecule has 0 bridgehead atoms. The first-order valence-electron chi connectivity index (χ1n) is 9.93. The van der Waals surface area contributed by atoms with Gasteiger partial charge in [0.2, 0.25) is 0 Å². The lowest BCUT2D eigenvalue weighted by Crippen LogP contribution is -2.25. The fourth-order valence-corrected chi connectivity index (χ4v) is 2.99. The predicted molar refractivity (Wildman–Crippen MR) is 118 cm³/mol. The molecule has 0 saturated carbocycles. The highest BCUT2D eigenvalue weighted by Crippen LogP contribution is 2.39. The lowest BCUT2D eigenvalue weighted by Gasteiger charge is -2.22. The molecular weight excluding hydrogens is 430 g/mol. The first-order valence-corrected chi connectivity index (χ1v) is 9.93. The lowest BCUT2D eigenvalue weighted by atomic mass is 9.99. The van der Waals surface area contributed by atoms with Crippen molar-refractivity contribution in [1.82, 2.24) is 0 Å². The molecule has 1 aromatic heterocycles. The van der Waals surface area contributed by atoms with Gasteiger partial charge >= 0.3 is 18.0 Å². The second-order valence-electron chi connectivity index (χ2n) is 8.08. The van der Waals surface area contributed by atoms with E-state index in [9.17, 15) is 24.6 Å². The van der Waals surface area contributed by atoms with Crippen LogP contribution >= 0.6 is 0 Å². The zero-order valence-electron chi connectivity index (χ0n) is 18.2. The summed E-state index contributed by atoms with van der Waals surface area (Å²) in [5.74, 6) is -2.77. The van der Waals surface area contributed by atoms with Crippen LogP contribution in [0.3, 0.4) is 0 Å². The maximum absolute atomic E-state index is 12.9. The topological polar surface area (TPSA) is 135 Å². The van der Waals surface area contributed by atoms with Crippen LogP contribution in [0.5, 0.6) is 5.75 Å². The zero-order valence-corrected chi connectivity index (χ0v) is 18.2. The highest BCUT2D eigenvalue weighted by Gasteiger charge is 2.28. The van der Waals surface area contributed by atoms with E-state index in [0.29, 0.717) is 0 Å². The highest BCUT2D eigenvalue weighted by atomic mass is 16.6. The number of rotatable bonds is 6. The number of esters is 1. The van der Waals surface area contributed by atoms with Gasteiger partial charge in [-0.1, -0.05) is 30.3 Å². The Kier molecular flexibility index (Phi) is 6.72. The second kappa shape index (κ2) is 9.47. The van der Waals surface area contributed by atoms with Crippen LogP contribution in [-0.2, 0) is 16.1 Å². The Morgan fingerprint density at radius 1 is 1.00 bits per heavy atom.